The fourth-order valence-electron chi connectivity index (χ4n) is 3.22. The van der Waals surface area contributed by atoms with Crippen molar-refractivity contribution in [3.63, 3.8) is 0 Å². The molecule has 0 aliphatic heterocycles. The number of benzene rings is 1. The fraction of sp³-hybridized carbons (Fsp3) is 0.600. The van der Waals surface area contributed by atoms with Crippen LogP contribution < -0.4 is 20.1 Å². The van der Waals surface area contributed by atoms with Crippen LogP contribution in [0.25, 0.3) is 0 Å². The lowest BCUT2D eigenvalue weighted by atomic mass is 10.1. The number of nitrogens with zero attached hydrogens (tertiary/aromatic N) is 1. The second-order valence-corrected chi connectivity index (χ2v) is 6.95. The van der Waals surface area contributed by atoms with Crippen LogP contribution >= 0.6 is 0 Å². The minimum atomic E-state index is -0.447. The molecule has 0 heterocycles. The minimum absolute atomic E-state index is 0.183. The van der Waals surface area contributed by atoms with Gasteiger partial charge in [0.1, 0.15) is 0 Å². The van der Waals surface area contributed by atoms with Gasteiger partial charge in [0.2, 0.25) is 5.91 Å². The minimum Gasteiger partial charge on any atom is -0.493 e. The van der Waals surface area contributed by atoms with Gasteiger partial charge in [0, 0.05) is 12.6 Å². The molecule has 1 aromatic carbocycles. The van der Waals surface area contributed by atoms with Crippen molar-refractivity contribution in [2.24, 2.45) is 0 Å². The maximum absolute atomic E-state index is 12.4. The van der Waals surface area contributed by atoms with Gasteiger partial charge in [-0.25, -0.2) is 4.79 Å². The molecule has 7 nitrogen and oxygen atoms in total. The number of carbonyl (C=O) groups excluding carboxylic acids is 2. The Morgan fingerprint density at radius 3 is 2.59 bits per heavy atom. The maximum Gasteiger partial charge on any atom is 0.321 e. The number of methoxy groups -OCH3 is 1. The first kappa shape index (κ1) is 21.0. The number of rotatable bonds is 8. The summed E-state index contributed by atoms with van der Waals surface area (Å²) in [5.41, 5.74) is 0.993. The Morgan fingerprint density at radius 1 is 1.26 bits per heavy atom. The summed E-state index contributed by atoms with van der Waals surface area (Å²) in [6.07, 6.45) is 4.22. The van der Waals surface area contributed by atoms with Crippen LogP contribution in [-0.2, 0) is 11.3 Å². The van der Waals surface area contributed by atoms with Gasteiger partial charge < -0.3 is 14.8 Å². The third-order valence-electron chi connectivity index (χ3n) is 4.93. The molecule has 1 fully saturated rings. The van der Waals surface area contributed by atoms with Crippen LogP contribution in [0.2, 0.25) is 0 Å². The SMILES string of the molecule is CCOc1ccc(CN(C)[C@H](C)C(=O)NC(=O)NC2CCCC2)cc1OC. The van der Waals surface area contributed by atoms with Crippen molar-refractivity contribution >= 4 is 11.9 Å². The molecule has 0 radical (unpaired) electrons. The molecule has 0 bridgehead atoms. The largest absolute Gasteiger partial charge is 0.493 e. The summed E-state index contributed by atoms with van der Waals surface area (Å²) < 4.78 is 10.9. The van der Waals surface area contributed by atoms with Crippen molar-refractivity contribution in [1.82, 2.24) is 15.5 Å². The summed E-state index contributed by atoms with van der Waals surface area (Å²) in [6.45, 7) is 4.81. The average molecular weight is 377 g/mol. The van der Waals surface area contributed by atoms with Crippen molar-refractivity contribution in [3.8, 4) is 11.5 Å². The van der Waals surface area contributed by atoms with E-state index in [2.05, 4.69) is 10.6 Å². The summed E-state index contributed by atoms with van der Waals surface area (Å²) in [7, 11) is 3.45. The second-order valence-electron chi connectivity index (χ2n) is 6.95. The number of nitrogens with one attached hydrogen (secondary N) is 2. The van der Waals surface area contributed by atoms with Crippen LogP contribution in [0.3, 0.4) is 0 Å². The predicted molar refractivity (Wildman–Crippen MR) is 104 cm³/mol. The van der Waals surface area contributed by atoms with Gasteiger partial charge in [0.25, 0.3) is 0 Å². The van der Waals surface area contributed by atoms with Gasteiger partial charge in [-0.1, -0.05) is 18.9 Å². The van der Waals surface area contributed by atoms with E-state index in [1.54, 1.807) is 14.0 Å². The third kappa shape index (κ3) is 6.13. The molecule has 0 aromatic heterocycles. The zero-order valence-electron chi connectivity index (χ0n) is 16.7. The number of imide groups is 1. The van der Waals surface area contributed by atoms with Gasteiger partial charge in [0.15, 0.2) is 11.5 Å². The van der Waals surface area contributed by atoms with E-state index >= 15 is 0 Å². The van der Waals surface area contributed by atoms with Crippen molar-refractivity contribution in [2.75, 3.05) is 20.8 Å². The van der Waals surface area contributed by atoms with Gasteiger partial charge in [-0.2, -0.15) is 0 Å². The molecule has 3 amide bonds. The Kier molecular flexibility index (Phi) is 7.91. The molecule has 1 aliphatic rings. The molecule has 7 heteroatoms. The first-order chi connectivity index (χ1) is 12.9. The van der Waals surface area contributed by atoms with Crippen LogP contribution in [0.15, 0.2) is 18.2 Å². The molecule has 1 aromatic rings. The smallest absolute Gasteiger partial charge is 0.321 e. The highest BCUT2D eigenvalue weighted by molar-refractivity contribution is 5.96. The van der Waals surface area contributed by atoms with Crippen molar-refractivity contribution < 1.29 is 19.1 Å². The molecule has 2 rings (SSSR count). The predicted octanol–water partition coefficient (Wildman–Crippen LogP) is 2.68. The van der Waals surface area contributed by atoms with E-state index in [9.17, 15) is 9.59 Å². The molecule has 1 atom stereocenters. The van der Waals surface area contributed by atoms with Gasteiger partial charge in [0.05, 0.1) is 19.8 Å². The number of hydrogen-bond acceptors (Lipinski definition) is 5. The van der Waals surface area contributed by atoms with E-state index in [0.717, 1.165) is 31.2 Å². The zero-order valence-corrected chi connectivity index (χ0v) is 16.7. The number of carbonyl (C=O) groups is 2. The molecule has 0 unspecified atom stereocenters. The van der Waals surface area contributed by atoms with Crippen molar-refractivity contribution in [2.45, 2.75) is 58.2 Å². The van der Waals surface area contributed by atoms with Crippen LogP contribution in [-0.4, -0.2) is 49.7 Å². The Hall–Kier alpha value is -2.28. The highest BCUT2D eigenvalue weighted by atomic mass is 16.5. The summed E-state index contributed by atoms with van der Waals surface area (Å²) in [5.74, 6) is 1.04. The normalized spacial score (nSPS) is 15.4. The molecule has 2 N–H and O–H groups in total. The molecule has 150 valence electrons. The topological polar surface area (TPSA) is 79.9 Å². The fourth-order valence-corrected chi connectivity index (χ4v) is 3.22. The van der Waals surface area contributed by atoms with E-state index in [-0.39, 0.29) is 11.9 Å². The zero-order chi connectivity index (χ0) is 19.8. The first-order valence-corrected chi connectivity index (χ1v) is 9.55. The number of urea groups is 1. The average Bonchev–Trinajstić information content (AvgIpc) is 3.15. The lowest BCUT2D eigenvalue weighted by molar-refractivity contribution is -0.124. The van der Waals surface area contributed by atoms with Crippen molar-refractivity contribution in [3.05, 3.63) is 23.8 Å². The Morgan fingerprint density at radius 2 is 1.96 bits per heavy atom. The molecule has 1 aliphatic carbocycles. The van der Waals surface area contributed by atoms with Gasteiger partial charge in [-0.3, -0.25) is 15.0 Å². The van der Waals surface area contributed by atoms with Crippen LogP contribution in [0.1, 0.15) is 45.1 Å². The highest BCUT2D eigenvalue weighted by Gasteiger charge is 2.23. The van der Waals surface area contributed by atoms with Gasteiger partial charge in [-0.15, -0.1) is 0 Å². The molecular formula is C20H31N3O4. The Balaban J connectivity index is 1.89. The van der Waals surface area contributed by atoms with Gasteiger partial charge >= 0.3 is 6.03 Å². The summed E-state index contributed by atoms with van der Waals surface area (Å²) in [6, 6.07) is 5.04. The maximum atomic E-state index is 12.4. The number of likely N-dealkylation sites (N-methyl/N-ethyl adjacent to an activating group) is 1. The quantitative estimate of drug-likeness (QED) is 0.728. The third-order valence-corrected chi connectivity index (χ3v) is 4.93. The number of amides is 3. The lowest BCUT2D eigenvalue weighted by Crippen LogP contribution is -2.50. The van der Waals surface area contributed by atoms with E-state index in [1.165, 1.54) is 0 Å². The standard InChI is InChI=1S/C20H31N3O4/c1-5-27-17-11-10-15(12-18(17)26-4)13-23(3)14(2)19(24)22-20(25)21-16-8-6-7-9-16/h10-12,14,16H,5-9,13H2,1-4H3,(H2,21,22,24,25)/t14-/m1/s1. The molecule has 0 saturated heterocycles. The number of ether oxygens (including phenoxy) is 2. The highest BCUT2D eigenvalue weighted by Crippen LogP contribution is 2.28. The van der Waals surface area contributed by atoms with E-state index < -0.39 is 12.1 Å². The Bertz CT molecular complexity index is 644. The Labute approximate surface area is 161 Å². The molecular weight excluding hydrogens is 346 g/mol. The van der Waals surface area contributed by atoms with Crippen LogP contribution in [0.4, 0.5) is 4.79 Å². The summed E-state index contributed by atoms with van der Waals surface area (Å²) in [4.78, 5) is 26.2. The lowest BCUT2D eigenvalue weighted by Gasteiger charge is -2.24. The van der Waals surface area contributed by atoms with Gasteiger partial charge in [-0.05, 0) is 51.4 Å². The van der Waals surface area contributed by atoms with E-state index in [1.807, 2.05) is 37.1 Å². The summed E-state index contributed by atoms with van der Waals surface area (Å²) in [5, 5.41) is 5.31. The molecule has 1 saturated carbocycles. The van der Waals surface area contributed by atoms with Crippen LogP contribution in [0, 0.1) is 0 Å². The monoisotopic (exact) mass is 377 g/mol. The first-order valence-electron chi connectivity index (χ1n) is 9.55. The second kappa shape index (κ2) is 10.2. The molecule has 0 spiro atoms. The van der Waals surface area contributed by atoms with E-state index in [0.29, 0.717) is 24.7 Å². The summed E-state index contributed by atoms with van der Waals surface area (Å²) >= 11 is 0. The number of hydrogen-bond donors (Lipinski definition) is 2. The molecule has 27 heavy (non-hydrogen) atoms. The van der Waals surface area contributed by atoms with Crippen LogP contribution in [0.5, 0.6) is 11.5 Å². The van der Waals surface area contributed by atoms with E-state index in [4.69, 9.17) is 9.47 Å². The van der Waals surface area contributed by atoms with Crippen molar-refractivity contribution in [1.29, 1.82) is 0 Å².